The number of carboxylic acids is 1. The van der Waals surface area contributed by atoms with Crippen LogP contribution < -0.4 is 5.11 Å². The van der Waals surface area contributed by atoms with E-state index in [-0.39, 0.29) is 6.42 Å². The lowest BCUT2D eigenvalue weighted by Crippen LogP contribution is -2.24. The summed E-state index contributed by atoms with van der Waals surface area (Å²) in [5, 5.41) is 17.6. The van der Waals surface area contributed by atoms with Crippen molar-refractivity contribution in [2.75, 3.05) is 0 Å². The predicted octanol–water partition coefficient (Wildman–Crippen LogP) is 1.28. The molecule has 22 heavy (non-hydrogen) atoms. The number of hydrogen-bond donors (Lipinski definition) is 1. The van der Waals surface area contributed by atoms with Crippen LogP contribution in [0.3, 0.4) is 0 Å². The minimum atomic E-state index is -1.11. The highest BCUT2D eigenvalue weighted by Crippen LogP contribution is 2.21. The number of pyridine rings is 1. The van der Waals surface area contributed by atoms with Gasteiger partial charge in [0.25, 0.3) is 0 Å². The van der Waals surface area contributed by atoms with E-state index in [0.717, 1.165) is 11.3 Å². The van der Waals surface area contributed by atoms with E-state index in [2.05, 4.69) is 15.2 Å². The molecule has 0 aliphatic rings. The number of H-pyrrole nitrogens is 1. The van der Waals surface area contributed by atoms with Gasteiger partial charge in [0.1, 0.15) is 0 Å². The summed E-state index contributed by atoms with van der Waals surface area (Å²) in [6, 6.07) is 10.7. The first-order chi connectivity index (χ1) is 10.6. The number of rotatable bonds is 4. The van der Waals surface area contributed by atoms with E-state index >= 15 is 0 Å². The van der Waals surface area contributed by atoms with Gasteiger partial charge in [0, 0.05) is 36.0 Å². The first kappa shape index (κ1) is 14.2. The lowest BCUT2D eigenvalue weighted by Gasteiger charge is -2.08. The van der Waals surface area contributed by atoms with Crippen LogP contribution in [0, 0.1) is 4.77 Å². The van der Waals surface area contributed by atoms with Gasteiger partial charge in [0.05, 0.1) is 0 Å². The molecule has 7 heteroatoms. The minimum absolute atomic E-state index is 0.117. The van der Waals surface area contributed by atoms with E-state index in [1.165, 1.54) is 0 Å². The number of nitrogens with one attached hydrogen (secondary N) is 1. The molecule has 2 heterocycles. The van der Waals surface area contributed by atoms with E-state index in [0.29, 0.717) is 16.2 Å². The molecule has 0 spiro atoms. The Balaban J connectivity index is 2.04. The molecular weight excluding hydrogens is 300 g/mol. The summed E-state index contributed by atoms with van der Waals surface area (Å²) in [4.78, 5) is 14.6. The number of benzene rings is 1. The average molecular weight is 311 g/mol. The zero-order chi connectivity index (χ0) is 15.5. The van der Waals surface area contributed by atoms with Crippen LogP contribution in [0.4, 0.5) is 0 Å². The molecule has 0 aliphatic heterocycles. The van der Waals surface area contributed by atoms with Crippen LogP contribution >= 0.6 is 12.2 Å². The second-order valence-corrected chi connectivity index (χ2v) is 5.03. The van der Waals surface area contributed by atoms with Crippen molar-refractivity contribution in [2.45, 2.75) is 6.42 Å². The van der Waals surface area contributed by atoms with Crippen molar-refractivity contribution in [3.05, 3.63) is 59.1 Å². The van der Waals surface area contributed by atoms with Gasteiger partial charge in [0.15, 0.2) is 10.6 Å². The van der Waals surface area contributed by atoms with E-state index in [1.54, 1.807) is 41.2 Å². The predicted molar refractivity (Wildman–Crippen MR) is 80.7 cm³/mol. The van der Waals surface area contributed by atoms with Crippen molar-refractivity contribution in [1.82, 2.24) is 19.7 Å². The molecule has 0 saturated heterocycles. The van der Waals surface area contributed by atoms with E-state index in [4.69, 9.17) is 12.2 Å². The molecule has 2 aromatic heterocycles. The molecule has 0 bridgehead atoms. The number of carboxylic acid groups (broad SMARTS) is 1. The molecule has 110 valence electrons. The summed E-state index contributed by atoms with van der Waals surface area (Å²) >= 11 is 5.28. The van der Waals surface area contributed by atoms with Crippen molar-refractivity contribution >= 4 is 18.2 Å². The van der Waals surface area contributed by atoms with Crippen LogP contribution in [0.1, 0.15) is 5.56 Å². The Morgan fingerprint density at radius 2 is 1.86 bits per heavy atom. The van der Waals surface area contributed by atoms with Crippen LogP contribution in [0.2, 0.25) is 0 Å². The van der Waals surface area contributed by atoms with Crippen LogP contribution in [-0.4, -0.2) is 25.7 Å². The molecule has 0 aliphatic carbocycles. The fourth-order valence-corrected chi connectivity index (χ4v) is 2.40. The molecule has 0 atom stereocenters. The normalized spacial score (nSPS) is 10.5. The van der Waals surface area contributed by atoms with Crippen LogP contribution in [0.15, 0.2) is 48.8 Å². The minimum Gasteiger partial charge on any atom is -0.550 e. The molecule has 0 fully saturated rings. The average Bonchev–Trinajstić information content (AvgIpc) is 2.90. The van der Waals surface area contributed by atoms with Gasteiger partial charge in [-0.15, -0.1) is 0 Å². The molecule has 3 aromatic rings. The monoisotopic (exact) mass is 311 g/mol. The van der Waals surface area contributed by atoms with Crippen LogP contribution in [0.25, 0.3) is 17.1 Å². The maximum Gasteiger partial charge on any atom is 0.200 e. The molecule has 6 nitrogen and oxygen atoms in total. The topological polar surface area (TPSA) is 86.6 Å². The summed E-state index contributed by atoms with van der Waals surface area (Å²) in [6.45, 7) is 0. The molecule has 0 radical (unpaired) electrons. The van der Waals surface area contributed by atoms with Gasteiger partial charge >= 0.3 is 0 Å². The number of carbonyl (C=O) groups is 1. The third-order valence-corrected chi connectivity index (χ3v) is 3.43. The number of aromatic nitrogens is 4. The largest absolute Gasteiger partial charge is 0.550 e. The van der Waals surface area contributed by atoms with Crippen molar-refractivity contribution < 1.29 is 9.90 Å². The smallest absolute Gasteiger partial charge is 0.200 e. The van der Waals surface area contributed by atoms with Gasteiger partial charge in [0.2, 0.25) is 0 Å². The Morgan fingerprint density at radius 1 is 1.18 bits per heavy atom. The number of carbonyl (C=O) groups excluding carboxylic acids is 1. The highest BCUT2D eigenvalue weighted by molar-refractivity contribution is 7.71. The second kappa shape index (κ2) is 5.90. The maximum absolute atomic E-state index is 10.6. The van der Waals surface area contributed by atoms with Gasteiger partial charge in [-0.25, -0.2) is 0 Å². The molecule has 0 unspecified atom stereocenters. The van der Waals surface area contributed by atoms with Gasteiger partial charge in [-0.2, -0.15) is 5.10 Å². The van der Waals surface area contributed by atoms with E-state index in [1.807, 2.05) is 12.1 Å². The summed E-state index contributed by atoms with van der Waals surface area (Å²) in [5.74, 6) is -0.440. The molecular formula is C15H11N4O2S-. The fourth-order valence-electron chi connectivity index (χ4n) is 2.16. The Labute approximate surface area is 131 Å². The third kappa shape index (κ3) is 2.79. The quantitative estimate of drug-likeness (QED) is 0.734. The molecule has 0 amide bonds. The number of aliphatic carboxylic acids is 1. The SMILES string of the molecule is O=C([O-])Cc1ccc(-n2c(-c3ccncc3)n[nH]c2=S)cc1. The number of hydrogen-bond acceptors (Lipinski definition) is 5. The van der Waals surface area contributed by atoms with Crippen LogP contribution in [-0.2, 0) is 11.2 Å². The van der Waals surface area contributed by atoms with E-state index in [9.17, 15) is 9.90 Å². The zero-order valence-corrected chi connectivity index (χ0v) is 12.2. The summed E-state index contributed by atoms with van der Waals surface area (Å²) < 4.78 is 2.24. The molecule has 0 saturated carbocycles. The van der Waals surface area contributed by atoms with Gasteiger partial charge in [-0.3, -0.25) is 14.6 Å². The number of nitrogens with zero attached hydrogens (tertiary/aromatic N) is 3. The van der Waals surface area contributed by atoms with Crippen molar-refractivity contribution in [3.8, 4) is 17.1 Å². The highest BCUT2D eigenvalue weighted by Gasteiger charge is 2.10. The Morgan fingerprint density at radius 3 is 2.50 bits per heavy atom. The van der Waals surface area contributed by atoms with Gasteiger partial charge < -0.3 is 9.90 Å². The zero-order valence-electron chi connectivity index (χ0n) is 11.4. The maximum atomic E-state index is 10.6. The third-order valence-electron chi connectivity index (χ3n) is 3.15. The molecule has 1 N–H and O–H groups in total. The van der Waals surface area contributed by atoms with Gasteiger partial charge in [-0.05, 0) is 42.0 Å². The van der Waals surface area contributed by atoms with Crippen molar-refractivity contribution in [1.29, 1.82) is 0 Å². The Bertz CT molecular complexity index is 853. The lowest BCUT2D eigenvalue weighted by atomic mass is 10.1. The van der Waals surface area contributed by atoms with Crippen molar-refractivity contribution in [3.63, 3.8) is 0 Å². The Kier molecular flexibility index (Phi) is 3.80. The highest BCUT2D eigenvalue weighted by atomic mass is 32.1. The fraction of sp³-hybridized carbons (Fsp3) is 0.0667. The Hall–Kier alpha value is -2.80. The first-order valence-electron chi connectivity index (χ1n) is 6.52. The van der Waals surface area contributed by atoms with E-state index < -0.39 is 5.97 Å². The first-order valence-corrected chi connectivity index (χ1v) is 6.93. The summed E-state index contributed by atoms with van der Waals surface area (Å²) in [6.07, 6.45) is 3.25. The standard InChI is InChI=1S/C15H12N4O2S/c20-13(21)9-10-1-3-12(4-2-10)19-14(17-18-15(19)22)11-5-7-16-8-6-11/h1-8H,9H2,(H,18,22)(H,20,21)/p-1. The summed E-state index contributed by atoms with van der Waals surface area (Å²) in [5.41, 5.74) is 2.35. The molecule has 1 aromatic carbocycles. The van der Waals surface area contributed by atoms with Crippen molar-refractivity contribution in [2.24, 2.45) is 0 Å². The molecule has 3 rings (SSSR count). The number of aromatic amines is 1. The summed E-state index contributed by atoms with van der Waals surface area (Å²) in [7, 11) is 0. The second-order valence-electron chi connectivity index (χ2n) is 4.64. The van der Waals surface area contributed by atoms with Crippen LogP contribution in [0.5, 0.6) is 0 Å². The van der Waals surface area contributed by atoms with Gasteiger partial charge in [-0.1, -0.05) is 12.1 Å². The lowest BCUT2D eigenvalue weighted by molar-refractivity contribution is -0.304.